The second kappa shape index (κ2) is 10.1. The van der Waals surface area contributed by atoms with Gasteiger partial charge >= 0.3 is 0 Å². The van der Waals surface area contributed by atoms with Crippen LogP contribution in [0.1, 0.15) is 24.8 Å². The molecule has 1 fully saturated rings. The minimum absolute atomic E-state index is 0.0207. The Bertz CT molecular complexity index is 913. The van der Waals surface area contributed by atoms with E-state index in [1.807, 2.05) is 30.3 Å². The molecule has 1 saturated heterocycles. The monoisotopic (exact) mass is 426 g/mol. The van der Waals surface area contributed by atoms with Gasteiger partial charge in [0.1, 0.15) is 5.82 Å². The van der Waals surface area contributed by atoms with Gasteiger partial charge in [-0.3, -0.25) is 9.59 Å². The van der Waals surface area contributed by atoms with Crippen molar-refractivity contribution < 1.29 is 18.7 Å². The summed E-state index contributed by atoms with van der Waals surface area (Å²) in [7, 11) is 5.10. The van der Waals surface area contributed by atoms with Gasteiger partial charge in [-0.1, -0.05) is 42.5 Å². The molecule has 5 nitrogen and oxygen atoms in total. The van der Waals surface area contributed by atoms with Gasteiger partial charge in [0.25, 0.3) is 0 Å². The molecule has 6 heteroatoms. The van der Waals surface area contributed by atoms with Gasteiger partial charge in [-0.2, -0.15) is 0 Å². The number of benzene rings is 2. The van der Waals surface area contributed by atoms with Gasteiger partial charge in [0, 0.05) is 39.9 Å². The highest BCUT2D eigenvalue weighted by Crippen LogP contribution is 2.36. The third kappa shape index (κ3) is 5.31. The van der Waals surface area contributed by atoms with Gasteiger partial charge in [0.15, 0.2) is 0 Å². The van der Waals surface area contributed by atoms with Gasteiger partial charge in [0.05, 0.1) is 18.4 Å². The normalized spacial score (nSPS) is 18.6. The van der Waals surface area contributed by atoms with Gasteiger partial charge in [0.2, 0.25) is 11.8 Å². The van der Waals surface area contributed by atoms with Crippen molar-refractivity contribution in [1.29, 1.82) is 0 Å². The van der Waals surface area contributed by atoms with Crippen molar-refractivity contribution in [3.63, 3.8) is 0 Å². The first-order valence-corrected chi connectivity index (χ1v) is 10.7. The van der Waals surface area contributed by atoms with Crippen LogP contribution in [0.15, 0.2) is 48.5 Å². The van der Waals surface area contributed by atoms with Crippen LogP contribution in [-0.2, 0) is 20.7 Å². The topological polar surface area (TPSA) is 49.9 Å². The highest BCUT2D eigenvalue weighted by Gasteiger charge is 2.44. The Morgan fingerprint density at radius 1 is 1.13 bits per heavy atom. The highest BCUT2D eigenvalue weighted by molar-refractivity contribution is 5.85. The van der Waals surface area contributed by atoms with E-state index in [9.17, 15) is 14.0 Å². The first-order valence-electron chi connectivity index (χ1n) is 10.7. The van der Waals surface area contributed by atoms with E-state index in [-0.39, 0.29) is 17.6 Å². The second-order valence-corrected chi connectivity index (χ2v) is 8.50. The van der Waals surface area contributed by atoms with E-state index in [2.05, 4.69) is 0 Å². The van der Waals surface area contributed by atoms with Crippen LogP contribution in [0.3, 0.4) is 0 Å². The molecular formula is C25H31FN2O3. The fourth-order valence-electron chi connectivity index (χ4n) is 4.45. The summed E-state index contributed by atoms with van der Waals surface area (Å²) in [6.07, 6.45) is 2.37. The largest absolute Gasteiger partial charge is 0.384 e. The lowest BCUT2D eigenvalue weighted by molar-refractivity contribution is -0.147. The molecule has 3 rings (SSSR count). The highest BCUT2D eigenvalue weighted by atomic mass is 19.1. The molecule has 1 unspecified atom stereocenters. The summed E-state index contributed by atoms with van der Waals surface area (Å²) in [4.78, 5) is 29.3. The number of piperidine rings is 1. The average molecular weight is 427 g/mol. The smallest absolute Gasteiger partial charge is 0.230 e. The maximum absolute atomic E-state index is 14.1. The van der Waals surface area contributed by atoms with Crippen molar-refractivity contribution in [2.75, 3.05) is 40.9 Å². The van der Waals surface area contributed by atoms with E-state index in [0.29, 0.717) is 38.1 Å². The zero-order valence-corrected chi connectivity index (χ0v) is 18.6. The fourth-order valence-corrected chi connectivity index (χ4v) is 4.45. The molecule has 0 aliphatic carbocycles. The summed E-state index contributed by atoms with van der Waals surface area (Å²) < 4.78 is 19.2. The average Bonchev–Trinajstić information content (AvgIpc) is 2.78. The summed E-state index contributed by atoms with van der Waals surface area (Å²) in [5.74, 6) is -0.200. The number of hydrogen-bond acceptors (Lipinski definition) is 3. The maximum Gasteiger partial charge on any atom is 0.230 e. The number of methoxy groups -OCH3 is 1. The Balaban J connectivity index is 1.84. The molecule has 0 N–H and O–H groups in total. The van der Waals surface area contributed by atoms with E-state index in [1.165, 1.54) is 6.07 Å². The summed E-state index contributed by atoms with van der Waals surface area (Å²) in [6, 6.07) is 14.4. The number of ether oxygens (including phenoxy) is 1. The first-order chi connectivity index (χ1) is 14.9. The first kappa shape index (κ1) is 22.9. The fraction of sp³-hybridized carbons (Fsp3) is 0.440. The molecule has 1 heterocycles. The van der Waals surface area contributed by atoms with E-state index >= 15 is 0 Å². The van der Waals surface area contributed by atoms with E-state index in [4.69, 9.17) is 4.74 Å². The van der Waals surface area contributed by atoms with Gasteiger partial charge in [-0.15, -0.1) is 0 Å². The van der Waals surface area contributed by atoms with Crippen molar-refractivity contribution in [2.45, 2.75) is 25.7 Å². The minimum atomic E-state index is -0.663. The molecule has 1 aliphatic rings. The predicted octanol–water partition coefficient (Wildman–Crippen LogP) is 3.77. The molecule has 0 radical (unpaired) electrons. The number of carbonyl (C=O) groups is 2. The third-order valence-electron chi connectivity index (χ3n) is 5.99. The Morgan fingerprint density at radius 2 is 1.84 bits per heavy atom. The van der Waals surface area contributed by atoms with Crippen molar-refractivity contribution in [1.82, 2.24) is 9.80 Å². The van der Waals surface area contributed by atoms with Gasteiger partial charge in [-0.25, -0.2) is 4.39 Å². The van der Waals surface area contributed by atoms with Crippen LogP contribution in [-0.4, -0.2) is 62.5 Å². The molecule has 0 aromatic heterocycles. The summed E-state index contributed by atoms with van der Waals surface area (Å²) in [5.41, 5.74) is 1.70. The van der Waals surface area contributed by atoms with Crippen LogP contribution in [0.25, 0.3) is 11.1 Å². The summed E-state index contributed by atoms with van der Waals surface area (Å²) in [6.45, 7) is 1.44. The van der Waals surface area contributed by atoms with Crippen LogP contribution >= 0.6 is 0 Å². The number of nitrogens with zero attached hydrogens (tertiary/aromatic N) is 2. The summed E-state index contributed by atoms with van der Waals surface area (Å²) in [5, 5.41) is 0. The van der Waals surface area contributed by atoms with Crippen molar-refractivity contribution in [3.8, 4) is 11.1 Å². The lowest BCUT2D eigenvalue weighted by Crippen LogP contribution is -2.54. The number of hydrogen-bond donors (Lipinski definition) is 0. The van der Waals surface area contributed by atoms with Crippen molar-refractivity contribution >= 4 is 11.8 Å². The number of halogens is 1. The van der Waals surface area contributed by atoms with E-state index in [0.717, 1.165) is 24.0 Å². The molecule has 2 aromatic rings. The molecule has 1 aliphatic heterocycles. The molecular weight excluding hydrogens is 395 g/mol. The van der Waals surface area contributed by atoms with Crippen LogP contribution in [0.5, 0.6) is 0 Å². The second-order valence-electron chi connectivity index (χ2n) is 8.50. The molecule has 0 saturated carbocycles. The van der Waals surface area contributed by atoms with E-state index < -0.39 is 5.41 Å². The third-order valence-corrected chi connectivity index (χ3v) is 5.99. The molecule has 31 heavy (non-hydrogen) atoms. The molecule has 1 atom stereocenters. The maximum atomic E-state index is 14.1. The zero-order chi connectivity index (χ0) is 22.4. The standard InChI is InChI=1S/C25H31FN2O3/c1-27(2)24(30)25(14-6-15-28(18-25)23(29)13-16-31-3)17-19-9-11-20(12-10-19)21-7-4-5-8-22(21)26/h4-5,7-12H,6,13-18H2,1-3H3. The van der Waals surface area contributed by atoms with Gasteiger partial charge in [-0.05, 0) is 36.5 Å². The summed E-state index contributed by atoms with van der Waals surface area (Å²) >= 11 is 0. The van der Waals surface area contributed by atoms with Crippen LogP contribution < -0.4 is 0 Å². The Morgan fingerprint density at radius 3 is 2.48 bits per heavy atom. The number of rotatable bonds is 7. The molecule has 166 valence electrons. The quantitative estimate of drug-likeness (QED) is 0.677. The molecule has 0 spiro atoms. The van der Waals surface area contributed by atoms with Crippen LogP contribution in [0.2, 0.25) is 0 Å². The van der Waals surface area contributed by atoms with Crippen molar-refractivity contribution in [2.24, 2.45) is 5.41 Å². The van der Waals surface area contributed by atoms with Gasteiger partial charge < -0.3 is 14.5 Å². The number of likely N-dealkylation sites (tertiary alicyclic amines) is 1. The Hall–Kier alpha value is -2.73. The van der Waals surface area contributed by atoms with E-state index in [1.54, 1.807) is 43.1 Å². The minimum Gasteiger partial charge on any atom is -0.384 e. The zero-order valence-electron chi connectivity index (χ0n) is 18.6. The lowest BCUT2D eigenvalue weighted by atomic mass is 9.73. The lowest BCUT2D eigenvalue weighted by Gasteiger charge is -2.43. The molecule has 2 amide bonds. The SMILES string of the molecule is COCCC(=O)N1CCCC(Cc2ccc(-c3ccccc3F)cc2)(C(=O)N(C)C)C1. The predicted molar refractivity (Wildman–Crippen MR) is 119 cm³/mol. The van der Waals surface area contributed by atoms with Crippen molar-refractivity contribution in [3.05, 3.63) is 59.9 Å². The Labute approximate surface area is 183 Å². The Kier molecular flexibility index (Phi) is 7.44. The molecule has 0 bridgehead atoms. The van der Waals surface area contributed by atoms with Crippen LogP contribution in [0, 0.1) is 11.2 Å². The van der Waals surface area contributed by atoms with Crippen LogP contribution in [0.4, 0.5) is 4.39 Å². The number of carbonyl (C=O) groups excluding carboxylic acids is 2. The molecule has 2 aromatic carbocycles. The number of amides is 2.